The van der Waals surface area contributed by atoms with Gasteiger partial charge in [0, 0.05) is 18.7 Å². The van der Waals surface area contributed by atoms with Crippen molar-refractivity contribution >= 4 is 23.6 Å². The van der Waals surface area contributed by atoms with Crippen LogP contribution in [0.4, 0.5) is 0 Å². The zero-order valence-corrected chi connectivity index (χ0v) is 19.3. The maximum Gasteiger partial charge on any atom is 0.241 e. The molecule has 6 nitrogen and oxygen atoms in total. The van der Waals surface area contributed by atoms with Crippen molar-refractivity contribution in [2.24, 2.45) is 0 Å². The Morgan fingerprint density at radius 3 is 2.53 bits per heavy atom. The van der Waals surface area contributed by atoms with Crippen LogP contribution in [0.25, 0.3) is 16.9 Å². The Hall–Kier alpha value is -3.06. The van der Waals surface area contributed by atoms with Crippen LogP contribution in [0.2, 0.25) is 0 Å². The molecule has 3 aromatic rings. The monoisotopic (exact) mass is 448 g/mol. The van der Waals surface area contributed by atoms with Gasteiger partial charge in [0.25, 0.3) is 0 Å². The first-order valence-electron chi connectivity index (χ1n) is 10.9. The fraction of sp³-hybridized carbons (Fsp3) is 0.320. The number of carbonyl (C=O) groups excluding carboxylic acids is 2. The number of carbonyl (C=O) groups is 2. The SMILES string of the molecule is Cc1cccc(-n2c(-c3ccccc3)cnc2SCC(=O)NCC(=O)N2CCCC2)c1C. The van der Waals surface area contributed by atoms with Gasteiger partial charge in [-0.3, -0.25) is 14.2 Å². The molecule has 2 amide bonds. The van der Waals surface area contributed by atoms with E-state index >= 15 is 0 Å². The molecule has 32 heavy (non-hydrogen) atoms. The Kier molecular flexibility index (Phi) is 6.95. The first-order chi connectivity index (χ1) is 15.5. The third-order valence-electron chi connectivity index (χ3n) is 5.84. The quantitative estimate of drug-likeness (QED) is 0.555. The Balaban J connectivity index is 1.52. The molecule has 0 atom stereocenters. The molecule has 0 bridgehead atoms. The van der Waals surface area contributed by atoms with E-state index in [0.29, 0.717) is 0 Å². The van der Waals surface area contributed by atoms with Gasteiger partial charge in [-0.1, -0.05) is 54.2 Å². The third-order valence-corrected chi connectivity index (χ3v) is 6.80. The van der Waals surface area contributed by atoms with Gasteiger partial charge in [0.15, 0.2) is 5.16 Å². The summed E-state index contributed by atoms with van der Waals surface area (Å²) in [6.07, 6.45) is 3.94. The number of rotatable bonds is 7. The Morgan fingerprint density at radius 1 is 1.03 bits per heavy atom. The van der Waals surface area contributed by atoms with Gasteiger partial charge in [0.05, 0.1) is 29.9 Å². The molecule has 1 saturated heterocycles. The lowest BCUT2D eigenvalue weighted by Crippen LogP contribution is -2.39. The average molecular weight is 449 g/mol. The second-order valence-corrected chi connectivity index (χ2v) is 8.94. The van der Waals surface area contributed by atoms with Crippen molar-refractivity contribution in [1.29, 1.82) is 0 Å². The molecule has 2 aromatic carbocycles. The van der Waals surface area contributed by atoms with Gasteiger partial charge in [-0.15, -0.1) is 0 Å². The van der Waals surface area contributed by atoms with Crippen molar-refractivity contribution in [3.8, 4) is 16.9 Å². The third kappa shape index (κ3) is 4.88. The molecule has 2 heterocycles. The smallest absolute Gasteiger partial charge is 0.241 e. The molecule has 1 aliphatic heterocycles. The minimum absolute atomic E-state index is 0.0101. The molecule has 1 aliphatic rings. The number of benzene rings is 2. The van der Waals surface area contributed by atoms with Gasteiger partial charge in [-0.2, -0.15) is 0 Å². The van der Waals surface area contributed by atoms with E-state index < -0.39 is 0 Å². The molecular weight excluding hydrogens is 420 g/mol. The summed E-state index contributed by atoms with van der Waals surface area (Å²) >= 11 is 1.38. The molecule has 1 fully saturated rings. The summed E-state index contributed by atoms with van der Waals surface area (Å²) in [6.45, 7) is 5.83. The zero-order chi connectivity index (χ0) is 22.5. The number of thioether (sulfide) groups is 1. The normalized spacial score (nSPS) is 13.4. The van der Waals surface area contributed by atoms with Crippen molar-refractivity contribution < 1.29 is 9.59 Å². The zero-order valence-electron chi connectivity index (χ0n) is 18.5. The predicted octanol–water partition coefficient (Wildman–Crippen LogP) is 3.99. The minimum Gasteiger partial charge on any atom is -0.346 e. The van der Waals surface area contributed by atoms with Crippen LogP contribution in [0.3, 0.4) is 0 Å². The molecular formula is C25H28N4O2S. The van der Waals surface area contributed by atoms with Crippen LogP contribution in [-0.4, -0.2) is 51.7 Å². The molecule has 1 aromatic heterocycles. The fourth-order valence-corrected chi connectivity index (χ4v) is 4.71. The van der Waals surface area contributed by atoms with E-state index in [2.05, 4.69) is 53.0 Å². The maximum absolute atomic E-state index is 12.4. The number of likely N-dealkylation sites (tertiary alicyclic amines) is 1. The summed E-state index contributed by atoms with van der Waals surface area (Å²) < 4.78 is 2.12. The lowest BCUT2D eigenvalue weighted by molar-refractivity contribution is -0.131. The highest BCUT2D eigenvalue weighted by atomic mass is 32.2. The molecule has 0 radical (unpaired) electrons. The van der Waals surface area contributed by atoms with Gasteiger partial charge in [0.2, 0.25) is 11.8 Å². The average Bonchev–Trinajstić information content (AvgIpc) is 3.49. The second-order valence-electron chi connectivity index (χ2n) is 8.00. The van der Waals surface area contributed by atoms with E-state index in [4.69, 9.17) is 0 Å². The van der Waals surface area contributed by atoms with E-state index in [0.717, 1.165) is 48.0 Å². The van der Waals surface area contributed by atoms with Crippen molar-refractivity contribution in [2.75, 3.05) is 25.4 Å². The number of aromatic nitrogens is 2. The van der Waals surface area contributed by atoms with Crippen LogP contribution in [0.1, 0.15) is 24.0 Å². The van der Waals surface area contributed by atoms with Gasteiger partial charge >= 0.3 is 0 Å². The topological polar surface area (TPSA) is 67.2 Å². The molecule has 1 N–H and O–H groups in total. The summed E-state index contributed by atoms with van der Waals surface area (Å²) in [7, 11) is 0. The molecule has 0 unspecified atom stereocenters. The van der Waals surface area contributed by atoms with Crippen LogP contribution in [0, 0.1) is 13.8 Å². The fourth-order valence-electron chi connectivity index (χ4n) is 3.89. The van der Waals surface area contributed by atoms with Gasteiger partial charge in [-0.05, 0) is 43.9 Å². The van der Waals surface area contributed by atoms with Crippen molar-refractivity contribution in [1.82, 2.24) is 19.8 Å². The standard InChI is InChI=1S/C25H28N4O2S/c1-18-9-8-12-21(19(18)2)29-22(20-10-4-3-5-11-20)15-27-25(29)32-17-23(30)26-16-24(31)28-13-6-7-14-28/h3-5,8-12,15H,6-7,13-14,16-17H2,1-2H3,(H,26,30). The predicted molar refractivity (Wildman–Crippen MR) is 128 cm³/mol. The van der Waals surface area contributed by atoms with Gasteiger partial charge < -0.3 is 10.2 Å². The van der Waals surface area contributed by atoms with Crippen LogP contribution < -0.4 is 5.32 Å². The van der Waals surface area contributed by atoms with E-state index in [-0.39, 0.29) is 24.1 Å². The highest BCUT2D eigenvalue weighted by Crippen LogP contribution is 2.31. The number of imidazole rings is 1. The van der Waals surface area contributed by atoms with E-state index in [1.807, 2.05) is 35.4 Å². The highest BCUT2D eigenvalue weighted by Gasteiger charge is 2.20. The van der Waals surface area contributed by atoms with Crippen LogP contribution >= 0.6 is 11.8 Å². The minimum atomic E-state index is -0.167. The van der Waals surface area contributed by atoms with E-state index in [9.17, 15) is 9.59 Å². The van der Waals surface area contributed by atoms with E-state index in [1.54, 1.807) is 0 Å². The summed E-state index contributed by atoms with van der Waals surface area (Å²) in [5, 5.41) is 3.51. The molecule has 0 spiro atoms. The molecule has 4 rings (SSSR count). The van der Waals surface area contributed by atoms with Crippen LogP contribution in [-0.2, 0) is 9.59 Å². The van der Waals surface area contributed by atoms with Crippen molar-refractivity contribution in [2.45, 2.75) is 31.8 Å². The molecule has 0 saturated carbocycles. The lowest BCUT2D eigenvalue weighted by Gasteiger charge is -2.16. The first-order valence-corrected chi connectivity index (χ1v) is 11.9. The summed E-state index contributed by atoms with van der Waals surface area (Å²) in [5.41, 5.74) is 5.46. The Morgan fingerprint density at radius 2 is 1.78 bits per heavy atom. The molecule has 166 valence electrons. The highest BCUT2D eigenvalue weighted by molar-refractivity contribution is 7.99. The summed E-state index contributed by atoms with van der Waals surface area (Å²) in [4.78, 5) is 31.1. The van der Waals surface area contributed by atoms with Gasteiger partial charge in [0.1, 0.15) is 0 Å². The Labute approximate surface area is 193 Å². The number of nitrogens with one attached hydrogen (secondary N) is 1. The Bertz CT molecular complexity index is 1100. The number of aryl methyl sites for hydroxylation is 1. The van der Waals surface area contributed by atoms with Crippen molar-refractivity contribution in [3.63, 3.8) is 0 Å². The van der Waals surface area contributed by atoms with Crippen LogP contribution in [0.15, 0.2) is 59.9 Å². The number of hydrogen-bond donors (Lipinski definition) is 1. The number of nitrogens with zero attached hydrogens (tertiary/aromatic N) is 3. The maximum atomic E-state index is 12.4. The van der Waals surface area contributed by atoms with Crippen molar-refractivity contribution in [3.05, 3.63) is 65.9 Å². The van der Waals surface area contributed by atoms with Crippen LogP contribution in [0.5, 0.6) is 0 Å². The number of amides is 2. The lowest BCUT2D eigenvalue weighted by atomic mass is 10.1. The largest absolute Gasteiger partial charge is 0.346 e. The number of hydrogen-bond acceptors (Lipinski definition) is 4. The molecule has 7 heteroatoms. The summed E-state index contributed by atoms with van der Waals surface area (Å²) in [5.74, 6) is 0.0204. The second kappa shape index (κ2) is 10.0. The van der Waals surface area contributed by atoms with Gasteiger partial charge in [-0.25, -0.2) is 4.98 Å². The first kappa shape index (κ1) is 22.1. The molecule has 0 aliphatic carbocycles. The van der Waals surface area contributed by atoms with E-state index in [1.165, 1.54) is 22.9 Å². The summed E-state index contributed by atoms with van der Waals surface area (Å²) in [6, 6.07) is 16.3.